The lowest BCUT2D eigenvalue weighted by Crippen LogP contribution is -2.29. The van der Waals surface area contributed by atoms with E-state index in [4.69, 9.17) is 4.52 Å². The molecule has 1 aliphatic heterocycles. The fourth-order valence-electron chi connectivity index (χ4n) is 2.34. The van der Waals surface area contributed by atoms with Crippen LogP contribution >= 0.6 is 11.3 Å². The Morgan fingerprint density at radius 2 is 2.00 bits per heavy atom. The molecule has 1 amide bonds. The highest BCUT2D eigenvalue weighted by Crippen LogP contribution is 2.31. The summed E-state index contributed by atoms with van der Waals surface area (Å²) in [6.45, 7) is -0.284. The molecule has 0 bridgehead atoms. The molecule has 9 heteroatoms. The van der Waals surface area contributed by atoms with Crippen LogP contribution in [0.1, 0.15) is 16.2 Å². The zero-order chi connectivity index (χ0) is 16.0. The van der Waals surface area contributed by atoms with Gasteiger partial charge in [-0.15, -0.1) is 11.3 Å². The second-order valence-corrected chi connectivity index (χ2v) is 7.58. The van der Waals surface area contributed by atoms with Crippen LogP contribution in [-0.2, 0) is 16.6 Å². The first-order valence-corrected chi connectivity index (χ1v) is 8.92. The number of thiophene rings is 1. The number of carbonyl (C=O) groups is 1. The average molecular weight is 347 g/mol. The number of benzene rings is 1. The number of amides is 1. The molecule has 116 valence electrons. The molecule has 0 radical (unpaired) electrons. The van der Waals surface area contributed by atoms with E-state index in [0.717, 1.165) is 9.18 Å². The highest BCUT2D eigenvalue weighted by Gasteiger charge is 2.41. The summed E-state index contributed by atoms with van der Waals surface area (Å²) >= 11 is 1.44. The Hall–Kier alpha value is -2.52. The Kier molecular flexibility index (Phi) is 3.06. The Bertz CT molecular complexity index is 993. The zero-order valence-corrected chi connectivity index (χ0v) is 13.2. The van der Waals surface area contributed by atoms with Crippen LogP contribution in [0.3, 0.4) is 0 Å². The molecule has 0 saturated carbocycles. The van der Waals surface area contributed by atoms with Gasteiger partial charge in [-0.3, -0.25) is 4.79 Å². The molecule has 3 heterocycles. The van der Waals surface area contributed by atoms with Crippen LogP contribution in [0.25, 0.3) is 10.7 Å². The lowest BCUT2D eigenvalue weighted by Gasteiger charge is -2.11. The average Bonchev–Trinajstić information content (AvgIpc) is 3.25. The first-order valence-electron chi connectivity index (χ1n) is 6.60. The monoisotopic (exact) mass is 347 g/mol. The first kappa shape index (κ1) is 14.1. The first-order chi connectivity index (χ1) is 11.1. The van der Waals surface area contributed by atoms with E-state index in [-0.39, 0.29) is 22.9 Å². The van der Waals surface area contributed by atoms with Crippen molar-refractivity contribution in [3.63, 3.8) is 0 Å². The van der Waals surface area contributed by atoms with E-state index in [0.29, 0.717) is 5.82 Å². The molecular weight excluding hydrogens is 338 g/mol. The highest BCUT2D eigenvalue weighted by atomic mass is 32.2. The third-order valence-corrected chi connectivity index (χ3v) is 6.05. The van der Waals surface area contributed by atoms with Gasteiger partial charge in [-0.25, -0.2) is 12.7 Å². The van der Waals surface area contributed by atoms with E-state index in [1.807, 2.05) is 17.5 Å². The molecule has 0 fully saturated rings. The minimum Gasteiger partial charge on any atom is -0.337 e. The number of aromatic nitrogens is 2. The maximum atomic E-state index is 12.5. The Labute approximate surface area is 135 Å². The fraction of sp³-hybridized carbons (Fsp3) is 0.0714. The van der Waals surface area contributed by atoms with Crippen molar-refractivity contribution in [2.75, 3.05) is 0 Å². The molecule has 2 aromatic heterocycles. The molecular formula is C14H9N3O4S2. The molecule has 0 aliphatic carbocycles. The zero-order valence-electron chi connectivity index (χ0n) is 11.5. The fourth-order valence-corrected chi connectivity index (χ4v) is 4.50. The van der Waals surface area contributed by atoms with Gasteiger partial charge in [0, 0.05) is 0 Å². The standard InChI is InChI=1S/C14H9N3O4S2/c18-14-9-4-1-2-6-11(9)23(19,20)17(14)8-12-15-13(16-21-12)10-5-3-7-22-10/h1-7H,8H2. The number of hydrogen-bond acceptors (Lipinski definition) is 7. The van der Waals surface area contributed by atoms with Crippen LogP contribution in [0.5, 0.6) is 0 Å². The largest absolute Gasteiger partial charge is 0.337 e. The van der Waals surface area contributed by atoms with Crippen molar-refractivity contribution >= 4 is 27.3 Å². The number of carbonyl (C=O) groups excluding carboxylic acids is 1. The normalized spacial score (nSPS) is 15.8. The van der Waals surface area contributed by atoms with Crippen LogP contribution < -0.4 is 0 Å². The molecule has 0 saturated heterocycles. The molecule has 3 aromatic rings. The van der Waals surface area contributed by atoms with Gasteiger partial charge in [0.1, 0.15) is 11.4 Å². The minimum absolute atomic E-state index is 0.00277. The summed E-state index contributed by atoms with van der Waals surface area (Å²) in [4.78, 5) is 17.3. The molecule has 23 heavy (non-hydrogen) atoms. The van der Waals surface area contributed by atoms with Crippen molar-refractivity contribution in [1.82, 2.24) is 14.4 Å². The van der Waals surface area contributed by atoms with E-state index in [1.54, 1.807) is 12.1 Å². The summed E-state index contributed by atoms with van der Waals surface area (Å²) in [5, 5.41) is 5.69. The van der Waals surface area contributed by atoms with Gasteiger partial charge >= 0.3 is 0 Å². The van der Waals surface area contributed by atoms with Crippen LogP contribution in [0.4, 0.5) is 0 Å². The smallest absolute Gasteiger partial charge is 0.269 e. The van der Waals surface area contributed by atoms with Gasteiger partial charge < -0.3 is 4.52 Å². The van der Waals surface area contributed by atoms with Crippen LogP contribution in [0, 0.1) is 0 Å². The summed E-state index contributed by atoms with van der Waals surface area (Å²) in [6.07, 6.45) is 0. The third kappa shape index (κ3) is 2.16. The quantitative estimate of drug-likeness (QED) is 0.720. The molecule has 1 aliphatic rings. The van der Waals surface area contributed by atoms with Gasteiger partial charge in [0.15, 0.2) is 0 Å². The van der Waals surface area contributed by atoms with Crippen molar-refractivity contribution in [2.24, 2.45) is 0 Å². The van der Waals surface area contributed by atoms with Gasteiger partial charge in [0.25, 0.3) is 15.9 Å². The maximum Gasteiger partial charge on any atom is 0.269 e. The molecule has 0 unspecified atom stereocenters. The van der Waals surface area contributed by atoms with Crippen molar-refractivity contribution in [3.8, 4) is 10.7 Å². The van der Waals surface area contributed by atoms with Gasteiger partial charge in [0.05, 0.1) is 10.4 Å². The van der Waals surface area contributed by atoms with E-state index in [2.05, 4.69) is 10.1 Å². The van der Waals surface area contributed by atoms with Crippen molar-refractivity contribution in [3.05, 3.63) is 53.2 Å². The predicted molar refractivity (Wildman–Crippen MR) is 81.1 cm³/mol. The Morgan fingerprint density at radius 1 is 1.17 bits per heavy atom. The summed E-state index contributed by atoms with van der Waals surface area (Å²) in [5.74, 6) is -0.147. The Morgan fingerprint density at radius 3 is 2.74 bits per heavy atom. The van der Waals surface area contributed by atoms with E-state index in [9.17, 15) is 13.2 Å². The second-order valence-electron chi connectivity index (χ2n) is 4.80. The van der Waals surface area contributed by atoms with Crippen molar-refractivity contribution < 1.29 is 17.7 Å². The van der Waals surface area contributed by atoms with Crippen LogP contribution in [0.15, 0.2) is 51.2 Å². The summed E-state index contributed by atoms with van der Waals surface area (Å²) < 4.78 is 30.7. The third-order valence-electron chi connectivity index (χ3n) is 3.40. The van der Waals surface area contributed by atoms with Crippen LogP contribution in [-0.4, -0.2) is 28.8 Å². The van der Waals surface area contributed by atoms with E-state index in [1.165, 1.54) is 23.5 Å². The molecule has 0 atom stereocenters. The number of sulfonamides is 1. The van der Waals surface area contributed by atoms with Crippen molar-refractivity contribution in [2.45, 2.75) is 11.4 Å². The maximum absolute atomic E-state index is 12.5. The van der Waals surface area contributed by atoms with Crippen molar-refractivity contribution in [1.29, 1.82) is 0 Å². The molecule has 0 N–H and O–H groups in total. The van der Waals surface area contributed by atoms with E-state index < -0.39 is 15.9 Å². The topological polar surface area (TPSA) is 93.4 Å². The molecule has 4 rings (SSSR count). The lowest BCUT2D eigenvalue weighted by molar-refractivity contribution is 0.0855. The van der Waals surface area contributed by atoms with Gasteiger partial charge in [-0.05, 0) is 23.6 Å². The Balaban J connectivity index is 1.67. The predicted octanol–water partition coefficient (Wildman–Crippen LogP) is 2.14. The number of rotatable bonds is 3. The minimum atomic E-state index is -3.88. The van der Waals surface area contributed by atoms with E-state index >= 15 is 0 Å². The molecule has 7 nitrogen and oxygen atoms in total. The summed E-state index contributed by atoms with van der Waals surface area (Å²) in [6, 6.07) is 9.77. The SMILES string of the molecule is O=C1c2ccccc2S(=O)(=O)N1Cc1nc(-c2cccs2)no1. The second kappa shape index (κ2) is 5.00. The van der Waals surface area contributed by atoms with Gasteiger partial charge in [0.2, 0.25) is 11.7 Å². The number of hydrogen-bond donors (Lipinski definition) is 0. The number of nitrogens with zero attached hydrogens (tertiary/aromatic N) is 3. The summed E-state index contributed by atoms with van der Waals surface area (Å²) in [5.41, 5.74) is 0.158. The molecule has 0 spiro atoms. The lowest BCUT2D eigenvalue weighted by atomic mass is 10.2. The van der Waals surface area contributed by atoms with Crippen LogP contribution in [0.2, 0.25) is 0 Å². The van der Waals surface area contributed by atoms with Gasteiger partial charge in [-0.2, -0.15) is 4.98 Å². The number of fused-ring (bicyclic) bond motifs is 1. The summed E-state index contributed by atoms with van der Waals surface area (Å²) in [7, 11) is -3.88. The highest BCUT2D eigenvalue weighted by molar-refractivity contribution is 7.90. The van der Waals surface area contributed by atoms with Gasteiger partial charge in [-0.1, -0.05) is 23.4 Å². The molecule has 1 aromatic carbocycles.